The van der Waals surface area contributed by atoms with E-state index < -0.39 is 6.09 Å². The fourth-order valence-corrected chi connectivity index (χ4v) is 7.49. The minimum Gasteiger partial charge on any atom is -0.508 e. The molecule has 8 heteroatoms. The van der Waals surface area contributed by atoms with Crippen molar-refractivity contribution < 1.29 is 19.4 Å². The number of amides is 1. The van der Waals surface area contributed by atoms with E-state index in [4.69, 9.17) is 0 Å². The van der Waals surface area contributed by atoms with Gasteiger partial charge in [-0.2, -0.15) is 0 Å². The molecule has 0 aliphatic heterocycles. The van der Waals surface area contributed by atoms with E-state index in [1.807, 2.05) is 42.5 Å². The Labute approximate surface area is 243 Å². The van der Waals surface area contributed by atoms with Crippen molar-refractivity contribution in [2.75, 3.05) is 12.4 Å². The van der Waals surface area contributed by atoms with Crippen molar-refractivity contribution in [2.45, 2.75) is 54.7 Å². The molecule has 2 fully saturated rings. The number of phenolic OH excluding ortho intramolecular Hbond substituents is 1. The Hall–Kier alpha value is -4.04. The summed E-state index contributed by atoms with van der Waals surface area (Å²) in [5.41, 5.74) is 5.69. The van der Waals surface area contributed by atoms with Crippen LogP contribution in [-0.4, -0.2) is 34.1 Å². The van der Waals surface area contributed by atoms with Crippen molar-refractivity contribution >= 4 is 40.6 Å². The fourth-order valence-electron chi connectivity index (χ4n) is 6.62. The van der Waals surface area contributed by atoms with Crippen LogP contribution in [0.25, 0.3) is 11.0 Å². The van der Waals surface area contributed by atoms with Crippen LogP contribution in [0.1, 0.15) is 49.7 Å². The molecule has 3 unspecified atom stereocenters. The number of phenols is 1. The second-order valence-corrected chi connectivity index (χ2v) is 12.3. The number of carbonyl (C=O) groups excluding carboxylic acids is 2. The molecule has 1 aromatic heterocycles. The normalized spacial score (nSPS) is 22.5. The highest BCUT2D eigenvalue weighted by Gasteiger charge is 2.52. The van der Waals surface area contributed by atoms with E-state index in [-0.39, 0.29) is 5.41 Å². The van der Waals surface area contributed by atoms with Crippen molar-refractivity contribution in [3.63, 3.8) is 0 Å². The fraction of sp³-hybridized carbons (Fsp3) is 0.303. The molecule has 7 rings (SSSR count). The number of Topliss-reactive ketones (excluding diaryl/α,β-unsaturated/α-hetero) is 1. The Morgan fingerprint density at radius 1 is 1.10 bits per heavy atom. The lowest BCUT2D eigenvalue weighted by molar-refractivity contribution is -0.126. The van der Waals surface area contributed by atoms with Crippen molar-refractivity contribution in [3.8, 4) is 5.75 Å². The van der Waals surface area contributed by atoms with Gasteiger partial charge in [0.1, 0.15) is 11.5 Å². The number of aromatic amines is 1. The van der Waals surface area contributed by atoms with Gasteiger partial charge in [-0.1, -0.05) is 54.6 Å². The molecule has 1 heterocycles. The molecule has 210 valence electrons. The molecule has 1 amide bonds. The molecule has 3 N–H and O–H groups in total. The van der Waals surface area contributed by atoms with Crippen LogP contribution in [0, 0.1) is 11.3 Å². The Balaban J connectivity index is 0.000000148. The van der Waals surface area contributed by atoms with Crippen LogP contribution in [0.4, 0.5) is 10.7 Å². The Kier molecular flexibility index (Phi) is 7.34. The minimum absolute atomic E-state index is 0.100. The van der Waals surface area contributed by atoms with Gasteiger partial charge in [0, 0.05) is 27.5 Å². The predicted octanol–water partition coefficient (Wildman–Crippen LogP) is 7.63. The third-order valence-electron chi connectivity index (χ3n) is 8.72. The van der Waals surface area contributed by atoms with Gasteiger partial charge in [-0.25, -0.2) is 9.78 Å². The van der Waals surface area contributed by atoms with Gasteiger partial charge >= 0.3 is 6.09 Å². The molecule has 4 aromatic rings. The van der Waals surface area contributed by atoms with Gasteiger partial charge in [0.05, 0.1) is 18.1 Å². The van der Waals surface area contributed by atoms with Crippen LogP contribution < -0.4 is 5.32 Å². The SMILES string of the molecule is CC12CCC3C(=CCc4cc(O)ccc43)C1CCC2=O.COC(=O)Nc1nc2ccc(Sc3ccccc3)cc2[nH]1. The van der Waals surface area contributed by atoms with Gasteiger partial charge in [-0.3, -0.25) is 10.1 Å². The van der Waals surface area contributed by atoms with E-state index in [0.29, 0.717) is 29.3 Å². The van der Waals surface area contributed by atoms with E-state index in [1.165, 1.54) is 28.7 Å². The number of rotatable bonds is 3. The molecule has 7 nitrogen and oxygen atoms in total. The van der Waals surface area contributed by atoms with E-state index >= 15 is 0 Å². The maximum atomic E-state index is 12.2. The van der Waals surface area contributed by atoms with Crippen LogP contribution in [0.15, 0.2) is 88.2 Å². The van der Waals surface area contributed by atoms with Crippen molar-refractivity contribution in [3.05, 3.63) is 89.5 Å². The first-order valence-corrected chi connectivity index (χ1v) is 14.8. The van der Waals surface area contributed by atoms with Crippen molar-refractivity contribution in [2.24, 2.45) is 11.3 Å². The van der Waals surface area contributed by atoms with Gasteiger partial charge in [-0.15, -0.1) is 0 Å². The van der Waals surface area contributed by atoms with Crippen LogP contribution in [0.3, 0.4) is 0 Å². The molecule has 0 saturated heterocycles. The molecule has 3 aromatic carbocycles. The number of nitrogens with zero attached hydrogens (tertiary/aromatic N) is 1. The van der Waals surface area contributed by atoms with Gasteiger partial charge in [0.25, 0.3) is 0 Å². The summed E-state index contributed by atoms with van der Waals surface area (Å²) in [4.78, 5) is 33.0. The van der Waals surface area contributed by atoms with E-state index in [1.54, 1.807) is 17.8 Å². The van der Waals surface area contributed by atoms with Crippen LogP contribution in [0.5, 0.6) is 5.75 Å². The largest absolute Gasteiger partial charge is 0.508 e. The molecule has 41 heavy (non-hydrogen) atoms. The number of fused-ring (bicyclic) bond motifs is 6. The smallest absolute Gasteiger partial charge is 0.413 e. The summed E-state index contributed by atoms with van der Waals surface area (Å²) in [5.74, 6) is 2.13. The average molecular weight is 568 g/mol. The Morgan fingerprint density at radius 2 is 1.93 bits per heavy atom. The predicted molar refractivity (Wildman–Crippen MR) is 160 cm³/mol. The van der Waals surface area contributed by atoms with Crippen LogP contribution in [-0.2, 0) is 16.0 Å². The lowest BCUT2D eigenvalue weighted by Crippen LogP contribution is -2.37. The summed E-state index contributed by atoms with van der Waals surface area (Å²) < 4.78 is 4.54. The summed E-state index contributed by atoms with van der Waals surface area (Å²) in [6, 6.07) is 21.8. The second kappa shape index (κ2) is 11.1. The standard InChI is InChI=1S/C18H20O2.C15H13N3O2S/c1-18-9-8-14-13-5-3-12(19)10-11(13)2-4-15(14)16(18)6-7-17(18)20;1-20-15(19)18-14-16-12-8-7-11(9-13(12)17-14)21-10-5-3-2-4-6-10/h3-5,10,14,16,19H,2,6-9H2,1H3;2-9H,1H3,(H2,16,17,18,19). The van der Waals surface area contributed by atoms with Crippen LogP contribution >= 0.6 is 11.8 Å². The van der Waals surface area contributed by atoms with E-state index in [2.05, 4.69) is 51.2 Å². The molecule has 3 atom stereocenters. The highest BCUT2D eigenvalue weighted by Crippen LogP contribution is 2.57. The zero-order valence-electron chi connectivity index (χ0n) is 23.1. The summed E-state index contributed by atoms with van der Waals surface area (Å²) in [6.07, 6.45) is 6.57. The van der Waals surface area contributed by atoms with Gasteiger partial charge < -0.3 is 14.8 Å². The van der Waals surface area contributed by atoms with Gasteiger partial charge in [-0.05, 0) is 85.2 Å². The number of carbonyl (C=O) groups is 2. The topological polar surface area (TPSA) is 104 Å². The van der Waals surface area contributed by atoms with Crippen LogP contribution in [0.2, 0.25) is 0 Å². The number of ether oxygens (including phenoxy) is 1. The number of H-pyrrole nitrogens is 1. The number of ketones is 1. The van der Waals surface area contributed by atoms with Crippen molar-refractivity contribution in [1.82, 2.24) is 9.97 Å². The molecule has 3 aliphatic carbocycles. The minimum atomic E-state index is -0.548. The summed E-state index contributed by atoms with van der Waals surface area (Å²) in [7, 11) is 1.31. The maximum absolute atomic E-state index is 12.2. The number of methoxy groups -OCH3 is 1. The summed E-state index contributed by atoms with van der Waals surface area (Å²) in [5, 5.41) is 12.2. The lowest BCUT2D eigenvalue weighted by atomic mass is 9.60. The molecular formula is C33H33N3O4S. The average Bonchev–Trinajstić information content (AvgIpc) is 3.52. The molecular weight excluding hydrogens is 534 g/mol. The number of allylic oxidation sites excluding steroid dienone is 2. The third kappa shape index (κ3) is 5.36. The molecule has 2 saturated carbocycles. The number of hydrogen-bond donors (Lipinski definition) is 3. The first-order valence-electron chi connectivity index (χ1n) is 14.0. The monoisotopic (exact) mass is 567 g/mol. The highest BCUT2D eigenvalue weighted by molar-refractivity contribution is 7.99. The number of imidazole rings is 1. The zero-order chi connectivity index (χ0) is 28.6. The number of hydrogen-bond acceptors (Lipinski definition) is 6. The quantitative estimate of drug-likeness (QED) is 0.220. The van der Waals surface area contributed by atoms with E-state index in [0.717, 1.165) is 48.0 Å². The molecule has 3 aliphatic rings. The lowest BCUT2D eigenvalue weighted by Gasteiger charge is -2.43. The van der Waals surface area contributed by atoms with E-state index in [9.17, 15) is 14.7 Å². The van der Waals surface area contributed by atoms with Gasteiger partial charge in [0.15, 0.2) is 0 Å². The van der Waals surface area contributed by atoms with Crippen molar-refractivity contribution in [1.29, 1.82) is 0 Å². The third-order valence-corrected chi connectivity index (χ3v) is 9.72. The summed E-state index contributed by atoms with van der Waals surface area (Å²) >= 11 is 1.67. The summed E-state index contributed by atoms with van der Waals surface area (Å²) in [6.45, 7) is 2.18. The van der Waals surface area contributed by atoms with Gasteiger partial charge in [0.2, 0.25) is 5.95 Å². The first kappa shape index (κ1) is 27.1. The second-order valence-electron chi connectivity index (χ2n) is 11.1. The highest BCUT2D eigenvalue weighted by atomic mass is 32.2. The zero-order valence-corrected chi connectivity index (χ0v) is 24.0. The Bertz CT molecular complexity index is 1650. The number of nitrogens with one attached hydrogen (secondary N) is 2. The number of aromatic hydroxyl groups is 1. The number of benzene rings is 3. The number of aromatic nitrogens is 2. The molecule has 0 radical (unpaired) electrons. The Morgan fingerprint density at radius 3 is 2.73 bits per heavy atom. The molecule has 0 bridgehead atoms. The molecule has 0 spiro atoms. The maximum Gasteiger partial charge on any atom is 0.413 e. The first-order chi connectivity index (χ1) is 19.8. The number of anilines is 1.